The van der Waals surface area contributed by atoms with Crippen LogP contribution < -0.4 is 0 Å². The molecule has 44 heavy (non-hydrogen) atoms. The lowest BCUT2D eigenvalue weighted by molar-refractivity contribution is -0.311. The summed E-state index contributed by atoms with van der Waals surface area (Å²) in [4.78, 5) is 37.0. The number of aliphatic hydroxyl groups is 4. The third-order valence-corrected chi connectivity index (χ3v) is 7.64. The van der Waals surface area contributed by atoms with E-state index in [9.17, 15) is 29.7 Å². The lowest BCUT2D eigenvalue weighted by atomic mass is 9.98. The molecule has 0 bridgehead atoms. The average molecular weight is 635 g/mol. The predicted octanol–water partition coefficient (Wildman–Crippen LogP) is 3.47. The molecule has 12 heteroatoms. The van der Waals surface area contributed by atoms with Crippen LogP contribution >= 0.6 is 0 Å². The molecule has 7 unspecified atom stereocenters. The second kappa shape index (κ2) is 24.4. The number of ether oxygens (including phenoxy) is 5. The molecule has 12 nitrogen and oxygen atoms in total. The fourth-order valence-electron chi connectivity index (χ4n) is 4.92. The van der Waals surface area contributed by atoms with Gasteiger partial charge in [0, 0.05) is 19.8 Å². The largest absolute Gasteiger partial charge is 0.463 e. The van der Waals surface area contributed by atoms with Crippen molar-refractivity contribution in [3.63, 3.8) is 0 Å². The van der Waals surface area contributed by atoms with Gasteiger partial charge in [-0.05, 0) is 12.8 Å². The van der Waals surface area contributed by atoms with Gasteiger partial charge in [-0.15, -0.1) is 0 Å². The van der Waals surface area contributed by atoms with E-state index in [0.717, 1.165) is 32.1 Å². The molecule has 0 aromatic heterocycles. The summed E-state index contributed by atoms with van der Waals surface area (Å²) in [7, 11) is 0. The van der Waals surface area contributed by atoms with E-state index in [1.165, 1.54) is 51.9 Å². The smallest absolute Gasteiger partial charge is 0.306 e. The van der Waals surface area contributed by atoms with E-state index in [2.05, 4.69) is 6.92 Å². The maximum Gasteiger partial charge on any atom is 0.306 e. The topological polar surface area (TPSA) is 178 Å². The minimum absolute atomic E-state index is 0.0787. The van der Waals surface area contributed by atoms with Gasteiger partial charge in [-0.3, -0.25) is 14.4 Å². The van der Waals surface area contributed by atoms with E-state index in [0.29, 0.717) is 12.8 Å². The lowest BCUT2D eigenvalue weighted by Gasteiger charge is -2.43. The summed E-state index contributed by atoms with van der Waals surface area (Å²) >= 11 is 0. The third kappa shape index (κ3) is 17.0. The highest BCUT2D eigenvalue weighted by molar-refractivity contribution is 5.71. The van der Waals surface area contributed by atoms with E-state index in [4.69, 9.17) is 28.8 Å². The zero-order chi connectivity index (χ0) is 32.7. The highest BCUT2D eigenvalue weighted by Gasteiger charge is 2.51. The van der Waals surface area contributed by atoms with Crippen LogP contribution in [-0.4, -0.2) is 101 Å². The molecule has 1 fully saturated rings. The van der Waals surface area contributed by atoms with Crippen molar-refractivity contribution in [1.82, 2.24) is 0 Å². The van der Waals surface area contributed by atoms with Gasteiger partial charge in [0.25, 0.3) is 0 Å². The van der Waals surface area contributed by atoms with E-state index >= 15 is 0 Å². The van der Waals surface area contributed by atoms with Crippen LogP contribution in [0.15, 0.2) is 0 Å². The Morgan fingerprint density at radius 3 is 1.73 bits per heavy atom. The van der Waals surface area contributed by atoms with Crippen molar-refractivity contribution in [2.24, 2.45) is 0 Å². The van der Waals surface area contributed by atoms with Gasteiger partial charge >= 0.3 is 17.9 Å². The van der Waals surface area contributed by atoms with E-state index < -0.39 is 80.6 Å². The minimum atomic E-state index is -1.53. The summed E-state index contributed by atoms with van der Waals surface area (Å²) in [5.74, 6) is -1.84. The zero-order valence-corrected chi connectivity index (χ0v) is 27.0. The highest BCUT2D eigenvalue weighted by atomic mass is 16.7. The predicted molar refractivity (Wildman–Crippen MR) is 161 cm³/mol. The van der Waals surface area contributed by atoms with Crippen LogP contribution in [-0.2, 0) is 38.1 Å². The summed E-state index contributed by atoms with van der Waals surface area (Å²) in [5.41, 5.74) is 0. The molecule has 0 amide bonds. The van der Waals surface area contributed by atoms with Crippen molar-refractivity contribution in [3.05, 3.63) is 0 Å². The van der Waals surface area contributed by atoms with Crippen LogP contribution in [0.4, 0.5) is 0 Å². The molecule has 0 radical (unpaired) electrons. The fraction of sp³-hybridized carbons (Fsp3) is 0.906. The van der Waals surface area contributed by atoms with Gasteiger partial charge in [0.05, 0.1) is 13.2 Å². The Kier molecular flexibility index (Phi) is 22.3. The normalized spacial score (nSPS) is 23.1. The number of carbonyl (C=O) groups excluding carboxylic acids is 3. The molecule has 1 saturated heterocycles. The molecular formula is C32H58O12. The SMILES string of the molecule is CCCCCCCCCCCCCC(=O)OC1C(O)C(COC(C)=O)OC(OCC(O)C(O)CO)C1OC(=O)CCCCC. The summed E-state index contributed by atoms with van der Waals surface area (Å²) in [5, 5.41) is 40.1. The molecule has 1 heterocycles. The summed E-state index contributed by atoms with van der Waals surface area (Å²) < 4.78 is 27.7. The van der Waals surface area contributed by atoms with Gasteiger partial charge in [-0.1, -0.05) is 90.9 Å². The quantitative estimate of drug-likeness (QED) is 0.0654. The first-order chi connectivity index (χ1) is 21.1. The van der Waals surface area contributed by atoms with Crippen LogP contribution in [0.5, 0.6) is 0 Å². The van der Waals surface area contributed by atoms with Gasteiger partial charge in [0.15, 0.2) is 18.5 Å². The molecule has 1 rings (SSSR count). The van der Waals surface area contributed by atoms with Crippen molar-refractivity contribution >= 4 is 17.9 Å². The summed E-state index contributed by atoms with van der Waals surface area (Å²) in [6.45, 7) is 3.72. The van der Waals surface area contributed by atoms with Gasteiger partial charge in [0.1, 0.15) is 31.0 Å². The molecule has 258 valence electrons. The van der Waals surface area contributed by atoms with Crippen LogP contribution in [0.25, 0.3) is 0 Å². The number of unbranched alkanes of at least 4 members (excludes halogenated alkanes) is 12. The monoisotopic (exact) mass is 634 g/mol. The number of hydrogen-bond acceptors (Lipinski definition) is 12. The maximum absolute atomic E-state index is 12.9. The van der Waals surface area contributed by atoms with Crippen LogP contribution in [0.1, 0.15) is 124 Å². The van der Waals surface area contributed by atoms with Crippen molar-refractivity contribution in [2.75, 3.05) is 19.8 Å². The first kappa shape index (κ1) is 40.2. The number of rotatable bonds is 25. The first-order valence-corrected chi connectivity index (χ1v) is 16.6. The Hall–Kier alpha value is -1.83. The first-order valence-electron chi connectivity index (χ1n) is 16.6. The third-order valence-electron chi connectivity index (χ3n) is 7.64. The van der Waals surface area contributed by atoms with Crippen molar-refractivity contribution in [2.45, 2.75) is 166 Å². The van der Waals surface area contributed by atoms with Crippen molar-refractivity contribution < 1.29 is 58.5 Å². The molecule has 7 atom stereocenters. The molecule has 0 spiro atoms. The molecule has 4 N–H and O–H groups in total. The Morgan fingerprint density at radius 1 is 0.727 bits per heavy atom. The number of aliphatic hydroxyl groups excluding tert-OH is 4. The highest BCUT2D eigenvalue weighted by Crippen LogP contribution is 2.29. The van der Waals surface area contributed by atoms with Gasteiger partial charge in [-0.25, -0.2) is 0 Å². The zero-order valence-electron chi connectivity index (χ0n) is 27.0. The molecule has 0 saturated carbocycles. The van der Waals surface area contributed by atoms with Gasteiger partial charge in [-0.2, -0.15) is 0 Å². The molecule has 1 aliphatic rings. The van der Waals surface area contributed by atoms with E-state index in [1.807, 2.05) is 6.92 Å². The fourth-order valence-corrected chi connectivity index (χ4v) is 4.92. The minimum Gasteiger partial charge on any atom is -0.463 e. The second-order valence-corrected chi connectivity index (χ2v) is 11.6. The van der Waals surface area contributed by atoms with Crippen molar-refractivity contribution in [3.8, 4) is 0 Å². The van der Waals surface area contributed by atoms with Crippen LogP contribution in [0.2, 0.25) is 0 Å². The van der Waals surface area contributed by atoms with Crippen molar-refractivity contribution in [1.29, 1.82) is 0 Å². The van der Waals surface area contributed by atoms with Gasteiger partial charge in [0.2, 0.25) is 0 Å². The van der Waals surface area contributed by atoms with Crippen LogP contribution in [0, 0.1) is 0 Å². The maximum atomic E-state index is 12.9. The van der Waals surface area contributed by atoms with Gasteiger partial charge < -0.3 is 44.1 Å². The summed E-state index contributed by atoms with van der Waals surface area (Å²) in [6.07, 6.45) is 4.71. The Balaban J connectivity index is 2.86. The summed E-state index contributed by atoms with van der Waals surface area (Å²) in [6, 6.07) is 0. The lowest BCUT2D eigenvalue weighted by Crippen LogP contribution is -2.62. The van der Waals surface area contributed by atoms with E-state index in [1.54, 1.807) is 0 Å². The number of esters is 3. The Morgan fingerprint density at radius 2 is 1.20 bits per heavy atom. The molecular weight excluding hydrogens is 576 g/mol. The second-order valence-electron chi connectivity index (χ2n) is 11.6. The Labute approximate surface area is 262 Å². The van der Waals surface area contributed by atoms with Crippen LogP contribution in [0.3, 0.4) is 0 Å². The van der Waals surface area contributed by atoms with E-state index in [-0.39, 0.29) is 12.8 Å². The number of carbonyl (C=O) groups is 3. The molecule has 0 aliphatic carbocycles. The Bertz CT molecular complexity index is 778. The number of hydrogen-bond donors (Lipinski definition) is 4. The molecule has 0 aromatic rings. The average Bonchev–Trinajstić information content (AvgIpc) is 3.00. The standard InChI is InChI=1S/C32H58O12/c1-4-6-8-9-10-11-12-13-14-15-17-19-27(37)43-30-29(39)26(22-40-23(3)34)42-32(41-21-25(36)24(35)20-33)31(30)44-28(38)18-16-7-5-2/h24-26,29-33,35-36,39H,4-22H2,1-3H3. The molecule has 0 aromatic carbocycles. The molecule has 1 aliphatic heterocycles.